The van der Waals surface area contributed by atoms with Crippen LogP contribution in [0.15, 0.2) is 54.6 Å². The summed E-state index contributed by atoms with van der Waals surface area (Å²) in [6, 6.07) is 18.4. The molecular weight excluding hydrogens is 298 g/mol. The predicted molar refractivity (Wildman–Crippen MR) is 93.5 cm³/mol. The summed E-state index contributed by atoms with van der Waals surface area (Å²) in [5.74, 6) is 0.443. The zero-order chi connectivity index (χ0) is 16.6. The van der Waals surface area contributed by atoms with Gasteiger partial charge in [0.25, 0.3) is 0 Å². The second kappa shape index (κ2) is 6.06. The molecule has 1 amide bonds. The van der Waals surface area contributed by atoms with Gasteiger partial charge in [0.1, 0.15) is 5.60 Å². The van der Waals surface area contributed by atoms with Crippen molar-refractivity contribution in [1.29, 1.82) is 0 Å². The number of benzene rings is 2. The van der Waals surface area contributed by atoms with Gasteiger partial charge < -0.3 is 10.0 Å². The third kappa shape index (κ3) is 2.96. The minimum Gasteiger partial charge on any atom is -0.383 e. The number of aliphatic hydroxyl groups is 1. The highest BCUT2D eigenvalue weighted by molar-refractivity contribution is 5.81. The minimum atomic E-state index is -0.921. The highest BCUT2D eigenvalue weighted by Crippen LogP contribution is 2.38. The molecule has 0 aromatic heterocycles. The van der Waals surface area contributed by atoms with E-state index in [0.29, 0.717) is 19.5 Å². The minimum absolute atomic E-state index is 0.215. The average molecular weight is 321 g/mol. The first-order valence-electron chi connectivity index (χ1n) is 8.79. The number of hydrogen-bond donors (Lipinski definition) is 1. The summed E-state index contributed by atoms with van der Waals surface area (Å²) in [6.45, 7) is 1.08. The number of carbonyl (C=O) groups is 1. The summed E-state index contributed by atoms with van der Waals surface area (Å²) < 4.78 is 0. The maximum Gasteiger partial charge on any atom is 0.225 e. The van der Waals surface area contributed by atoms with E-state index in [1.54, 1.807) is 0 Å². The fourth-order valence-corrected chi connectivity index (χ4v) is 3.73. The molecule has 2 aliphatic rings. The van der Waals surface area contributed by atoms with Crippen molar-refractivity contribution < 1.29 is 9.90 Å². The molecule has 2 aromatic rings. The van der Waals surface area contributed by atoms with Crippen molar-refractivity contribution in [2.24, 2.45) is 5.92 Å². The highest BCUT2D eigenvalue weighted by atomic mass is 16.3. The third-order valence-corrected chi connectivity index (χ3v) is 5.24. The van der Waals surface area contributed by atoms with Gasteiger partial charge in [0, 0.05) is 12.5 Å². The lowest BCUT2D eigenvalue weighted by Gasteiger charge is -2.26. The quantitative estimate of drug-likeness (QED) is 0.940. The first-order valence-corrected chi connectivity index (χ1v) is 8.79. The summed E-state index contributed by atoms with van der Waals surface area (Å²) in [5, 5.41) is 11.2. The van der Waals surface area contributed by atoms with Crippen LogP contribution in [0.5, 0.6) is 0 Å². The molecule has 1 saturated heterocycles. The molecule has 2 aromatic carbocycles. The van der Waals surface area contributed by atoms with E-state index in [-0.39, 0.29) is 11.8 Å². The normalized spacial score (nSPS) is 23.5. The van der Waals surface area contributed by atoms with E-state index in [2.05, 4.69) is 18.2 Å². The molecule has 1 atom stereocenters. The summed E-state index contributed by atoms with van der Waals surface area (Å²) in [7, 11) is 0. The van der Waals surface area contributed by atoms with Crippen LogP contribution < -0.4 is 0 Å². The van der Waals surface area contributed by atoms with E-state index < -0.39 is 5.60 Å². The van der Waals surface area contributed by atoms with E-state index in [1.165, 1.54) is 5.56 Å². The summed E-state index contributed by atoms with van der Waals surface area (Å²) in [5.41, 5.74) is 2.43. The zero-order valence-corrected chi connectivity index (χ0v) is 13.8. The third-order valence-electron chi connectivity index (χ3n) is 5.24. The zero-order valence-electron chi connectivity index (χ0n) is 13.8. The fraction of sp³-hybridized carbons (Fsp3) is 0.381. The van der Waals surface area contributed by atoms with E-state index >= 15 is 0 Å². The first kappa shape index (κ1) is 15.4. The second-order valence-corrected chi connectivity index (χ2v) is 7.14. The van der Waals surface area contributed by atoms with E-state index in [0.717, 1.165) is 30.4 Å². The molecular formula is C21H23NO2. The Balaban J connectivity index is 1.58. The topological polar surface area (TPSA) is 40.5 Å². The number of carbonyl (C=O) groups excluding carboxylic acids is 1. The molecule has 24 heavy (non-hydrogen) atoms. The van der Waals surface area contributed by atoms with Gasteiger partial charge >= 0.3 is 0 Å². The predicted octanol–water partition coefficient (Wildman–Crippen LogP) is 3.11. The fourth-order valence-electron chi connectivity index (χ4n) is 3.73. The van der Waals surface area contributed by atoms with Gasteiger partial charge in [-0.1, -0.05) is 54.6 Å². The largest absolute Gasteiger partial charge is 0.383 e. The van der Waals surface area contributed by atoms with Crippen LogP contribution in [0, 0.1) is 5.92 Å². The molecule has 1 aliphatic heterocycles. The molecule has 1 saturated carbocycles. The van der Waals surface area contributed by atoms with Gasteiger partial charge in [0.05, 0.1) is 6.54 Å². The van der Waals surface area contributed by atoms with E-state index in [9.17, 15) is 9.90 Å². The van der Waals surface area contributed by atoms with Gasteiger partial charge in [-0.15, -0.1) is 0 Å². The number of nitrogens with zero attached hydrogens (tertiary/aromatic N) is 1. The Bertz CT molecular complexity index is 739. The number of amides is 1. The highest BCUT2D eigenvalue weighted by Gasteiger charge is 2.44. The SMILES string of the molecule is O=C(C1CC1)N1CCC(O)(c2ccccc2Cc2ccccc2)C1. The lowest BCUT2D eigenvalue weighted by atomic mass is 9.87. The Morgan fingerprint density at radius 3 is 2.54 bits per heavy atom. The van der Waals surface area contributed by atoms with E-state index in [1.807, 2.05) is 41.3 Å². The van der Waals surface area contributed by atoms with Gasteiger partial charge in [0.2, 0.25) is 5.91 Å². The lowest BCUT2D eigenvalue weighted by molar-refractivity contribution is -0.132. The van der Waals surface area contributed by atoms with Crippen LogP contribution in [-0.4, -0.2) is 29.0 Å². The molecule has 1 aliphatic carbocycles. The lowest BCUT2D eigenvalue weighted by Crippen LogP contribution is -2.35. The molecule has 1 heterocycles. The number of β-amino-alcohol motifs (C(OH)–C–C–N with tert-alkyl or cyclic N) is 1. The summed E-state index contributed by atoms with van der Waals surface area (Å²) in [4.78, 5) is 14.2. The summed E-state index contributed by atoms with van der Waals surface area (Å²) >= 11 is 0. The Hall–Kier alpha value is -2.13. The maximum atomic E-state index is 12.3. The molecule has 1 N–H and O–H groups in total. The Morgan fingerprint density at radius 1 is 1.08 bits per heavy atom. The van der Waals surface area contributed by atoms with E-state index in [4.69, 9.17) is 0 Å². The van der Waals surface area contributed by atoms with Crippen molar-refractivity contribution in [3.63, 3.8) is 0 Å². The Labute approximate surface area is 142 Å². The number of likely N-dealkylation sites (tertiary alicyclic amines) is 1. The van der Waals surface area contributed by atoms with Crippen molar-refractivity contribution >= 4 is 5.91 Å². The van der Waals surface area contributed by atoms with Crippen molar-refractivity contribution in [2.75, 3.05) is 13.1 Å². The van der Waals surface area contributed by atoms with Gasteiger partial charge in [-0.2, -0.15) is 0 Å². The molecule has 2 fully saturated rings. The van der Waals surface area contributed by atoms with Gasteiger partial charge in [-0.3, -0.25) is 4.79 Å². The molecule has 0 bridgehead atoms. The molecule has 0 spiro atoms. The summed E-state index contributed by atoms with van der Waals surface area (Å²) in [6.07, 6.45) is 3.45. The van der Waals surface area contributed by atoms with Gasteiger partial charge in [-0.05, 0) is 42.4 Å². The maximum absolute atomic E-state index is 12.3. The van der Waals surface area contributed by atoms with Crippen LogP contribution in [-0.2, 0) is 16.8 Å². The smallest absolute Gasteiger partial charge is 0.225 e. The molecule has 3 heteroatoms. The van der Waals surface area contributed by atoms with Crippen LogP contribution in [0.3, 0.4) is 0 Å². The average Bonchev–Trinajstić information content (AvgIpc) is 3.38. The Kier molecular flexibility index (Phi) is 3.89. The van der Waals surface area contributed by atoms with Crippen LogP contribution >= 0.6 is 0 Å². The molecule has 0 radical (unpaired) electrons. The van der Waals surface area contributed by atoms with Crippen molar-refractivity contribution in [3.05, 3.63) is 71.3 Å². The van der Waals surface area contributed by atoms with Crippen LogP contribution in [0.25, 0.3) is 0 Å². The van der Waals surface area contributed by atoms with Crippen molar-refractivity contribution in [3.8, 4) is 0 Å². The number of hydrogen-bond acceptors (Lipinski definition) is 2. The molecule has 4 rings (SSSR count). The van der Waals surface area contributed by atoms with Crippen molar-refractivity contribution in [2.45, 2.75) is 31.3 Å². The second-order valence-electron chi connectivity index (χ2n) is 7.14. The molecule has 124 valence electrons. The van der Waals surface area contributed by atoms with Crippen LogP contribution in [0.2, 0.25) is 0 Å². The number of rotatable bonds is 4. The monoisotopic (exact) mass is 321 g/mol. The van der Waals surface area contributed by atoms with Gasteiger partial charge in [-0.25, -0.2) is 0 Å². The molecule has 3 nitrogen and oxygen atoms in total. The standard InChI is InChI=1S/C21H23NO2/c23-20(17-10-11-17)22-13-12-21(24,15-22)19-9-5-4-8-18(19)14-16-6-2-1-3-7-16/h1-9,17,24H,10-15H2. The van der Waals surface area contributed by atoms with Crippen molar-refractivity contribution in [1.82, 2.24) is 4.90 Å². The van der Waals surface area contributed by atoms with Crippen LogP contribution in [0.1, 0.15) is 36.0 Å². The van der Waals surface area contributed by atoms with Gasteiger partial charge in [0.15, 0.2) is 0 Å². The van der Waals surface area contributed by atoms with Crippen LogP contribution in [0.4, 0.5) is 0 Å². The Morgan fingerprint density at radius 2 is 1.79 bits per heavy atom. The molecule has 1 unspecified atom stereocenters. The first-order chi connectivity index (χ1) is 11.7.